The zero-order valence-corrected chi connectivity index (χ0v) is 15.0. The molecule has 0 saturated carbocycles. The summed E-state index contributed by atoms with van der Waals surface area (Å²) < 4.78 is 1.81. The fraction of sp³-hybridized carbons (Fsp3) is 0.263. The molecule has 7 nitrogen and oxygen atoms in total. The Kier molecular flexibility index (Phi) is 4.97. The van der Waals surface area contributed by atoms with Crippen molar-refractivity contribution in [3.63, 3.8) is 0 Å². The smallest absolute Gasteiger partial charge is 0.257 e. The summed E-state index contributed by atoms with van der Waals surface area (Å²) in [5.74, 6) is -0.461. The van der Waals surface area contributed by atoms with E-state index in [9.17, 15) is 9.59 Å². The van der Waals surface area contributed by atoms with Gasteiger partial charge in [-0.05, 0) is 45.0 Å². The molecule has 3 aromatic rings. The van der Waals surface area contributed by atoms with E-state index in [1.807, 2.05) is 25.5 Å². The number of anilines is 1. The van der Waals surface area contributed by atoms with Crippen LogP contribution in [0.4, 0.5) is 5.69 Å². The van der Waals surface area contributed by atoms with E-state index in [4.69, 9.17) is 0 Å². The Balaban J connectivity index is 1.81. The van der Waals surface area contributed by atoms with E-state index < -0.39 is 0 Å². The minimum atomic E-state index is -0.287. The quantitative estimate of drug-likeness (QED) is 0.739. The molecule has 2 heterocycles. The lowest BCUT2D eigenvalue weighted by molar-refractivity contribution is 0.0954. The van der Waals surface area contributed by atoms with Gasteiger partial charge in [-0.3, -0.25) is 9.59 Å². The zero-order valence-electron chi connectivity index (χ0n) is 15.0. The van der Waals surface area contributed by atoms with Crippen LogP contribution in [0.5, 0.6) is 0 Å². The van der Waals surface area contributed by atoms with Crippen LogP contribution in [0.1, 0.15) is 47.5 Å². The number of aromatic nitrogens is 3. The maximum Gasteiger partial charge on any atom is 0.257 e. The summed E-state index contributed by atoms with van der Waals surface area (Å²) in [6.45, 7) is 6.45. The molecule has 3 rings (SSSR count). The number of amides is 2. The summed E-state index contributed by atoms with van der Waals surface area (Å²) in [5.41, 5.74) is 2.23. The molecule has 0 saturated heterocycles. The van der Waals surface area contributed by atoms with E-state index in [2.05, 4.69) is 20.7 Å². The Morgan fingerprint density at radius 3 is 2.65 bits per heavy atom. The van der Waals surface area contributed by atoms with E-state index in [1.54, 1.807) is 36.5 Å². The monoisotopic (exact) mass is 351 g/mol. The van der Waals surface area contributed by atoms with Crippen molar-refractivity contribution in [1.29, 1.82) is 0 Å². The van der Waals surface area contributed by atoms with Gasteiger partial charge in [0.1, 0.15) is 0 Å². The summed E-state index contributed by atoms with van der Waals surface area (Å²) in [6.07, 6.45) is 3.24. The molecule has 0 aliphatic heterocycles. The fourth-order valence-electron chi connectivity index (χ4n) is 2.65. The predicted octanol–water partition coefficient (Wildman–Crippen LogP) is 3.01. The molecule has 0 aliphatic rings. The SMILES string of the molecule is CCNC(=O)c1cccc(NC(=O)c2cnc3c(cnn3C(C)C)c2)c1. The molecular formula is C19H21N5O2. The van der Waals surface area contributed by atoms with Crippen molar-refractivity contribution in [2.45, 2.75) is 26.8 Å². The van der Waals surface area contributed by atoms with E-state index in [0.29, 0.717) is 23.4 Å². The first-order valence-corrected chi connectivity index (χ1v) is 8.52. The van der Waals surface area contributed by atoms with Crippen LogP contribution in [0.2, 0.25) is 0 Å². The molecule has 134 valence electrons. The standard InChI is InChI=1S/C19H21N5O2/c1-4-20-18(25)13-6-5-7-16(9-13)23-19(26)15-8-14-11-22-24(12(2)3)17(14)21-10-15/h5-12H,4H2,1-3H3,(H,20,25)(H,23,26). The lowest BCUT2D eigenvalue weighted by Crippen LogP contribution is -2.22. The molecule has 0 spiro atoms. The largest absolute Gasteiger partial charge is 0.352 e. The number of pyridine rings is 1. The number of fused-ring (bicyclic) bond motifs is 1. The number of hydrogen-bond acceptors (Lipinski definition) is 4. The second-order valence-electron chi connectivity index (χ2n) is 6.21. The third-order valence-electron chi connectivity index (χ3n) is 3.90. The second kappa shape index (κ2) is 7.35. The van der Waals surface area contributed by atoms with Crippen LogP contribution >= 0.6 is 0 Å². The molecule has 0 atom stereocenters. The van der Waals surface area contributed by atoms with E-state index in [1.165, 1.54) is 6.20 Å². The van der Waals surface area contributed by atoms with Crippen molar-refractivity contribution in [2.24, 2.45) is 0 Å². The molecule has 0 fully saturated rings. The predicted molar refractivity (Wildman–Crippen MR) is 100 cm³/mol. The molecule has 0 radical (unpaired) electrons. The molecule has 2 aromatic heterocycles. The van der Waals surface area contributed by atoms with Gasteiger partial charge < -0.3 is 10.6 Å². The highest BCUT2D eigenvalue weighted by atomic mass is 16.2. The van der Waals surface area contributed by atoms with Gasteiger partial charge in [0.15, 0.2) is 5.65 Å². The van der Waals surface area contributed by atoms with Crippen molar-refractivity contribution in [1.82, 2.24) is 20.1 Å². The zero-order chi connectivity index (χ0) is 18.7. The Labute approximate surface area is 151 Å². The van der Waals surface area contributed by atoms with Gasteiger partial charge in [-0.15, -0.1) is 0 Å². The lowest BCUT2D eigenvalue weighted by Gasteiger charge is -2.08. The highest BCUT2D eigenvalue weighted by molar-refractivity contribution is 6.06. The normalized spacial score (nSPS) is 10.9. The van der Waals surface area contributed by atoms with Gasteiger partial charge >= 0.3 is 0 Å². The van der Waals surface area contributed by atoms with Crippen LogP contribution in [-0.4, -0.2) is 33.1 Å². The molecule has 26 heavy (non-hydrogen) atoms. The van der Waals surface area contributed by atoms with Crippen LogP contribution < -0.4 is 10.6 Å². The van der Waals surface area contributed by atoms with Crippen LogP contribution in [0, 0.1) is 0 Å². The Morgan fingerprint density at radius 2 is 1.92 bits per heavy atom. The summed E-state index contributed by atoms with van der Waals surface area (Å²) >= 11 is 0. The van der Waals surface area contributed by atoms with Crippen molar-refractivity contribution in [3.05, 3.63) is 53.9 Å². The molecular weight excluding hydrogens is 330 g/mol. The second-order valence-corrected chi connectivity index (χ2v) is 6.21. The Morgan fingerprint density at radius 1 is 1.12 bits per heavy atom. The van der Waals surface area contributed by atoms with Crippen LogP contribution in [0.25, 0.3) is 11.0 Å². The molecule has 7 heteroatoms. The van der Waals surface area contributed by atoms with E-state index >= 15 is 0 Å². The average molecular weight is 351 g/mol. The number of nitrogens with zero attached hydrogens (tertiary/aromatic N) is 3. The number of rotatable bonds is 5. The molecule has 2 amide bonds. The summed E-state index contributed by atoms with van der Waals surface area (Å²) in [4.78, 5) is 28.8. The molecule has 0 aliphatic carbocycles. The lowest BCUT2D eigenvalue weighted by atomic mass is 10.1. The minimum absolute atomic E-state index is 0.173. The van der Waals surface area contributed by atoms with Crippen LogP contribution in [0.15, 0.2) is 42.7 Å². The number of nitrogens with one attached hydrogen (secondary N) is 2. The first-order valence-electron chi connectivity index (χ1n) is 8.52. The number of hydrogen-bond donors (Lipinski definition) is 2. The van der Waals surface area contributed by atoms with Crippen molar-refractivity contribution >= 4 is 28.5 Å². The summed E-state index contributed by atoms with van der Waals surface area (Å²) in [7, 11) is 0. The fourth-order valence-corrected chi connectivity index (χ4v) is 2.65. The van der Waals surface area contributed by atoms with E-state index in [-0.39, 0.29) is 17.9 Å². The highest BCUT2D eigenvalue weighted by Gasteiger charge is 2.13. The van der Waals surface area contributed by atoms with E-state index in [0.717, 1.165) is 11.0 Å². The van der Waals surface area contributed by atoms with Gasteiger partial charge in [-0.1, -0.05) is 6.07 Å². The third kappa shape index (κ3) is 3.56. The van der Waals surface area contributed by atoms with Crippen LogP contribution in [-0.2, 0) is 0 Å². The van der Waals surface area contributed by atoms with Gasteiger partial charge in [0.25, 0.3) is 11.8 Å². The molecule has 2 N–H and O–H groups in total. The van der Waals surface area contributed by atoms with Gasteiger partial charge in [0, 0.05) is 35.4 Å². The van der Waals surface area contributed by atoms with Crippen molar-refractivity contribution in [2.75, 3.05) is 11.9 Å². The van der Waals surface area contributed by atoms with Gasteiger partial charge in [0.2, 0.25) is 0 Å². The number of benzene rings is 1. The summed E-state index contributed by atoms with van der Waals surface area (Å²) in [6, 6.07) is 8.77. The number of carbonyl (C=O) groups is 2. The number of carbonyl (C=O) groups excluding carboxylic acids is 2. The topological polar surface area (TPSA) is 88.9 Å². The molecule has 1 aromatic carbocycles. The summed E-state index contributed by atoms with van der Waals surface area (Å²) in [5, 5.41) is 10.7. The first-order chi connectivity index (χ1) is 12.5. The van der Waals surface area contributed by atoms with Crippen molar-refractivity contribution in [3.8, 4) is 0 Å². The van der Waals surface area contributed by atoms with Crippen LogP contribution in [0.3, 0.4) is 0 Å². The molecule has 0 unspecified atom stereocenters. The maximum absolute atomic E-state index is 12.5. The molecule has 0 bridgehead atoms. The van der Waals surface area contributed by atoms with Crippen molar-refractivity contribution < 1.29 is 9.59 Å². The maximum atomic E-state index is 12.5. The Bertz CT molecular complexity index is 961. The van der Waals surface area contributed by atoms with Gasteiger partial charge in [-0.2, -0.15) is 5.10 Å². The highest BCUT2D eigenvalue weighted by Crippen LogP contribution is 2.18. The van der Waals surface area contributed by atoms with Gasteiger partial charge in [0.05, 0.1) is 11.8 Å². The first kappa shape index (κ1) is 17.6. The average Bonchev–Trinajstić information content (AvgIpc) is 3.05. The third-order valence-corrected chi connectivity index (χ3v) is 3.90. The van der Waals surface area contributed by atoms with Gasteiger partial charge in [-0.25, -0.2) is 9.67 Å². The minimum Gasteiger partial charge on any atom is -0.352 e. The Hall–Kier alpha value is -3.22.